The van der Waals surface area contributed by atoms with Crippen LogP contribution in [0.25, 0.3) is 0 Å². The summed E-state index contributed by atoms with van der Waals surface area (Å²) in [6, 6.07) is 6.37. The third-order valence-corrected chi connectivity index (χ3v) is 5.08. The Bertz CT molecular complexity index is 449. The lowest BCUT2D eigenvalue weighted by molar-refractivity contribution is 0.414. The summed E-state index contributed by atoms with van der Waals surface area (Å²) in [4.78, 5) is -0.700. The third-order valence-electron chi connectivity index (χ3n) is 2.64. The molecular formula is C11H17NO3S. The minimum Gasteiger partial charge on any atom is -0.497 e. The summed E-state index contributed by atoms with van der Waals surface area (Å²) >= 11 is 0. The molecule has 0 saturated carbocycles. The fourth-order valence-electron chi connectivity index (χ4n) is 1.18. The number of nitrogens with one attached hydrogen (secondary N) is 1. The van der Waals surface area contributed by atoms with Gasteiger partial charge in [0, 0.05) is 0 Å². The van der Waals surface area contributed by atoms with Gasteiger partial charge < -0.3 is 10.1 Å². The number of rotatable bonds is 4. The van der Waals surface area contributed by atoms with Gasteiger partial charge in [-0.1, -0.05) is 0 Å². The van der Waals surface area contributed by atoms with Crippen LogP contribution < -0.4 is 10.1 Å². The van der Waals surface area contributed by atoms with Crippen LogP contribution in [0.4, 0.5) is 0 Å². The summed E-state index contributed by atoms with van der Waals surface area (Å²) < 4.78 is 29.3. The second-order valence-electron chi connectivity index (χ2n) is 3.94. The molecule has 0 saturated heterocycles. The quantitative estimate of drug-likeness (QED) is 0.869. The monoisotopic (exact) mass is 243 g/mol. The van der Waals surface area contributed by atoms with Gasteiger partial charge in [-0.15, -0.1) is 0 Å². The molecule has 90 valence electrons. The highest BCUT2D eigenvalue weighted by atomic mass is 32.2. The lowest BCUT2D eigenvalue weighted by atomic mass is 10.3. The van der Waals surface area contributed by atoms with E-state index in [1.54, 1.807) is 52.3 Å². The predicted octanol–water partition coefficient (Wildman–Crippen LogP) is 1.42. The summed E-state index contributed by atoms with van der Waals surface area (Å²) in [5.74, 6) is 0.640. The Morgan fingerprint density at radius 1 is 1.19 bits per heavy atom. The van der Waals surface area contributed by atoms with Crippen LogP contribution in [0.3, 0.4) is 0 Å². The summed E-state index contributed by atoms with van der Waals surface area (Å²) in [7, 11) is -0.211. The molecule has 5 heteroatoms. The van der Waals surface area contributed by atoms with E-state index in [1.165, 1.54) is 0 Å². The standard InChI is InChI=1S/C11H17NO3S/c1-11(2,12-3)16(13,14)10-7-5-9(15-4)6-8-10/h5-8,12H,1-4H3. The van der Waals surface area contributed by atoms with E-state index in [4.69, 9.17) is 4.74 Å². The molecule has 0 unspecified atom stereocenters. The maximum absolute atomic E-state index is 12.2. The first-order valence-corrected chi connectivity index (χ1v) is 6.41. The molecule has 0 aliphatic heterocycles. The fraction of sp³-hybridized carbons (Fsp3) is 0.455. The number of methoxy groups -OCH3 is 1. The van der Waals surface area contributed by atoms with Crippen LogP contribution in [0, 0.1) is 0 Å². The van der Waals surface area contributed by atoms with Crippen LogP contribution in [0.5, 0.6) is 5.75 Å². The van der Waals surface area contributed by atoms with Gasteiger partial charge in [0.2, 0.25) is 0 Å². The second kappa shape index (κ2) is 4.43. The summed E-state index contributed by atoms with van der Waals surface area (Å²) in [6.45, 7) is 3.26. The van der Waals surface area contributed by atoms with E-state index in [0.717, 1.165) is 0 Å². The largest absolute Gasteiger partial charge is 0.497 e. The van der Waals surface area contributed by atoms with Gasteiger partial charge in [-0.3, -0.25) is 0 Å². The normalized spacial score (nSPS) is 12.5. The minimum absolute atomic E-state index is 0.285. The second-order valence-corrected chi connectivity index (χ2v) is 6.44. The zero-order valence-corrected chi connectivity index (χ0v) is 10.8. The Morgan fingerprint density at radius 2 is 1.69 bits per heavy atom. The predicted molar refractivity (Wildman–Crippen MR) is 63.3 cm³/mol. The summed E-state index contributed by atoms with van der Waals surface area (Å²) in [5, 5.41) is 2.79. The molecule has 0 atom stereocenters. The number of hydrogen-bond donors (Lipinski definition) is 1. The SMILES string of the molecule is CNC(C)(C)S(=O)(=O)c1ccc(OC)cc1. The average molecular weight is 243 g/mol. The zero-order valence-electron chi connectivity index (χ0n) is 9.94. The van der Waals surface area contributed by atoms with Crippen molar-refractivity contribution in [1.29, 1.82) is 0 Å². The number of sulfone groups is 1. The van der Waals surface area contributed by atoms with Crippen LogP contribution in [-0.2, 0) is 9.84 Å². The first kappa shape index (κ1) is 13.0. The smallest absolute Gasteiger partial charge is 0.196 e. The molecule has 0 amide bonds. The maximum atomic E-state index is 12.2. The molecule has 0 radical (unpaired) electrons. The van der Waals surface area contributed by atoms with Crippen molar-refractivity contribution in [2.24, 2.45) is 0 Å². The lowest BCUT2D eigenvalue weighted by Crippen LogP contribution is -2.44. The first-order valence-electron chi connectivity index (χ1n) is 4.93. The average Bonchev–Trinajstić information content (AvgIpc) is 2.29. The molecule has 0 aliphatic rings. The van der Waals surface area contributed by atoms with Crippen molar-refractivity contribution in [1.82, 2.24) is 5.32 Å². The molecule has 0 aliphatic carbocycles. The molecule has 0 heterocycles. The van der Waals surface area contributed by atoms with Gasteiger partial charge in [-0.25, -0.2) is 8.42 Å². The first-order chi connectivity index (χ1) is 7.35. The van der Waals surface area contributed by atoms with Crippen molar-refractivity contribution in [3.8, 4) is 5.75 Å². The van der Waals surface area contributed by atoms with Gasteiger partial charge in [-0.05, 0) is 45.2 Å². The number of hydrogen-bond acceptors (Lipinski definition) is 4. The Morgan fingerprint density at radius 3 is 2.06 bits per heavy atom. The molecule has 4 nitrogen and oxygen atoms in total. The third kappa shape index (κ3) is 2.20. The Hall–Kier alpha value is -1.07. The molecule has 1 N–H and O–H groups in total. The highest BCUT2D eigenvalue weighted by Crippen LogP contribution is 2.24. The molecular weight excluding hydrogens is 226 g/mol. The van der Waals surface area contributed by atoms with Gasteiger partial charge in [0.05, 0.1) is 12.0 Å². The molecule has 1 aromatic rings. The van der Waals surface area contributed by atoms with Gasteiger partial charge >= 0.3 is 0 Å². The fourth-order valence-corrected chi connectivity index (χ4v) is 2.54. The zero-order chi connectivity index (χ0) is 12.4. The van der Waals surface area contributed by atoms with Crippen LogP contribution in [-0.4, -0.2) is 27.4 Å². The summed E-state index contributed by atoms with van der Waals surface area (Å²) in [6.07, 6.45) is 0. The van der Waals surface area contributed by atoms with Crippen LogP contribution in [0.2, 0.25) is 0 Å². The van der Waals surface area contributed by atoms with E-state index in [1.807, 2.05) is 0 Å². The van der Waals surface area contributed by atoms with E-state index in [9.17, 15) is 8.42 Å². The molecule has 16 heavy (non-hydrogen) atoms. The minimum atomic E-state index is -3.38. The van der Waals surface area contributed by atoms with Gasteiger partial charge in [0.25, 0.3) is 0 Å². The summed E-state index contributed by atoms with van der Waals surface area (Å²) in [5.41, 5.74) is 0. The van der Waals surface area contributed by atoms with E-state index >= 15 is 0 Å². The molecule has 0 bridgehead atoms. The molecule has 0 fully saturated rings. The van der Waals surface area contributed by atoms with Crippen molar-refractivity contribution in [3.63, 3.8) is 0 Å². The Balaban J connectivity index is 3.18. The van der Waals surface area contributed by atoms with Crippen LogP contribution in [0.1, 0.15) is 13.8 Å². The van der Waals surface area contributed by atoms with Gasteiger partial charge in [0.15, 0.2) is 9.84 Å². The maximum Gasteiger partial charge on any atom is 0.196 e. The topological polar surface area (TPSA) is 55.4 Å². The Labute approximate surface area is 96.5 Å². The highest BCUT2D eigenvalue weighted by molar-refractivity contribution is 7.92. The van der Waals surface area contributed by atoms with Crippen molar-refractivity contribution in [3.05, 3.63) is 24.3 Å². The molecule has 0 spiro atoms. The van der Waals surface area contributed by atoms with E-state index < -0.39 is 14.7 Å². The molecule has 1 aromatic carbocycles. The van der Waals surface area contributed by atoms with Crippen molar-refractivity contribution < 1.29 is 13.2 Å². The number of benzene rings is 1. The molecule has 0 aromatic heterocycles. The Kier molecular flexibility index (Phi) is 3.60. The van der Waals surface area contributed by atoms with E-state index in [-0.39, 0.29) is 4.90 Å². The molecule has 1 rings (SSSR count). The van der Waals surface area contributed by atoms with E-state index in [0.29, 0.717) is 5.75 Å². The lowest BCUT2D eigenvalue weighted by Gasteiger charge is -2.24. The van der Waals surface area contributed by atoms with Crippen molar-refractivity contribution in [2.45, 2.75) is 23.6 Å². The van der Waals surface area contributed by atoms with E-state index in [2.05, 4.69) is 5.32 Å². The number of ether oxygens (including phenoxy) is 1. The van der Waals surface area contributed by atoms with Crippen LogP contribution in [0.15, 0.2) is 29.2 Å². The van der Waals surface area contributed by atoms with Crippen molar-refractivity contribution >= 4 is 9.84 Å². The van der Waals surface area contributed by atoms with Crippen molar-refractivity contribution in [2.75, 3.05) is 14.2 Å². The van der Waals surface area contributed by atoms with Crippen LogP contribution >= 0.6 is 0 Å². The van der Waals surface area contributed by atoms with Gasteiger partial charge in [-0.2, -0.15) is 0 Å². The highest BCUT2D eigenvalue weighted by Gasteiger charge is 2.33. The van der Waals surface area contributed by atoms with Gasteiger partial charge in [0.1, 0.15) is 10.6 Å².